The van der Waals surface area contributed by atoms with Crippen LogP contribution in [-0.2, 0) is 6.54 Å². The monoisotopic (exact) mass is 170 g/mol. The predicted molar refractivity (Wildman–Crippen MR) is 48.9 cm³/mol. The maximum Gasteiger partial charge on any atom is 0.225 e. The lowest BCUT2D eigenvalue weighted by Gasteiger charge is -1.92. The van der Waals surface area contributed by atoms with Crippen LogP contribution in [0.25, 0.3) is 0 Å². The van der Waals surface area contributed by atoms with E-state index in [1.165, 1.54) is 30.0 Å². The summed E-state index contributed by atoms with van der Waals surface area (Å²) in [7, 11) is 0. The van der Waals surface area contributed by atoms with Crippen molar-refractivity contribution in [1.82, 2.24) is 0 Å². The van der Waals surface area contributed by atoms with Crippen LogP contribution < -0.4 is 4.57 Å². The van der Waals surface area contributed by atoms with Crippen LogP contribution in [0.5, 0.6) is 0 Å². The van der Waals surface area contributed by atoms with Gasteiger partial charge in [-0.15, -0.1) is 0 Å². The molecule has 0 amide bonds. The van der Waals surface area contributed by atoms with Crippen LogP contribution in [0.3, 0.4) is 0 Å². The van der Waals surface area contributed by atoms with E-state index in [1.54, 1.807) is 0 Å². The van der Waals surface area contributed by atoms with Gasteiger partial charge in [0.1, 0.15) is 6.54 Å². The fraction of sp³-hybridized carbons (Fsp3) is 0.667. The Morgan fingerprint density at radius 2 is 2.18 bits per heavy atom. The molecule has 0 aliphatic rings. The summed E-state index contributed by atoms with van der Waals surface area (Å²) < 4.78 is 2.35. The number of nitrogens with zero attached hydrogens (tertiary/aromatic N) is 1. The van der Waals surface area contributed by atoms with Crippen molar-refractivity contribution >= 4 is 11.3 Å². The number of hydrogen-bond acceptors (Lipinski definition) is 1. The standard InChI is InChI=1S/C9H16NS/c1-4-5-6-10-7-11-9(3)8(10)2/h7H,4-6H2,1-3H3/q+1. The Kier molecular flexibility index (Phi) is 3.06. The molecule has 1 heterocycles. The molecular weight excluding hydrogens is 154 g/mol. The smallest absolute Gasteiger partial charge is 0.193 e. The van der Waals surface area contributed by atoms with Crippen LogP contribution in [0.1, 0.15) is 30.3 Å². The molecule has 0 saturated carbocycles. The SMILES string of the molecule is CCCC[n+]1csc(C)c1C. The molecule has 0 radical (unpaired) electrons. The Morgan fingerprint density at radius 1 is 1.45 bits per heavy atom. The molecule has 0 N–H and O–H groups in total. The molecule has 0 spiro atoms. The largest absolute Gasteiger partial charge is 0.225 e. The normalized spacial score (nSPS) is 10.5. The molecule has 1 rings (SSSR count). The lowest BCUT2D eigenvalue weighted by Crippen LogP contribution is -2.34. The van der Waals surface area contributed by atoms with Gasteiger partial charge in [0.2, 0.25) is 5.51 Å². The molecule has 0 aromatic carbocycles. The molecule has 0 bridgehead atoms. The Bertz CT molecular complexity index is 227. The number of unbranched alkanes of at least 4 members (excludes halogenated alkanes) is 1. The van der Waals surface area contributed by atoms with Crippen LogP contribution in [0.2, 0.25) is 0 Å². The van der Waals surface area contributed by atoms with Gasteiger partial charge in [-0.25, -0.2) is 0 Å². The van der Waals surface area contributed by atoms with E-state index >= 15 is 0 Å². The van der Waals surface area contributed by atoms with E-state index in [0.29, 0.717) is 0 Å². The van der Waals surface area contributed by atoms with Gasteiger partial charge in [-0.05, 0) is 6.92 Å². The van der Waals surface area contributed by atoms with Crippen molar-refractivity contribution in [2.24, 2.45) is 0 Å². The van der Waals surface area contributed by atoms with Gasteiger partial charge in [-0.3, -0.25) is 0 Å². The van der Waals surface area contributed by atoms with E-state index < -0.39 is 0 Å². The molecule has 1 nitrogen and oxygen atoms in total. The first kappa shape index (κ1) is 8.72. The third-order valence-electron chi connectivity index (χ3n) is 2.05. The third-order valence-corrected chi connectivity index (χ3v) is 3.06. The Labute approximate surface area is 72.7 Å². The van der Waals surface area contributed by atoms with Crippen molar-refractivity contribution in [3.63, 3.8) is 0 Å². The van der Waals surface area contributed by atoms with Crippen LogP contribution >= 0.6 is 11.3 Å². The topological polar surface area (TPSA) is 3.88 Å². The fourth-order valence-corrected chi connectivity index (χ4v) is 1.89. The summed E-state index contributed by atoms with van der Waals surface area (Å²) in [6.07, 6.45) is 2.57. The predicted octanol–water partition coefficient (Wildman–Crippen LogP) is 2.45. The highest BCUT2D eigenvalue weighted by Crippen LogP contribution is 2.07. The second-order valence-corrected chi connectivity index (χ2v) is 3.97. The van der Waals surface area contributed by atoms with Crippen molar-refractivity contribution in [3.05, 3.63) is 16.1 Å². The number of hydrogen-bond donors (Lipinski definition) is 0. The fourth-order valence-electron chi connectivity index (χ4n) is 1.06. The molecule has 1 aromatic heterocycles. The summed E-state index contributed by atoms with van der Waals surface area (Å²) in [5, 5.41) is 0. The second-order valence-electron chi connectivity index (χ2n) is 2.91. The number of aromatic nitrogens is 1. The van der Waals surface area contributed by atoms with Crippen LogP contribution in [0.4, 0.5) is 0 Å². The van der Waals surface area contributed by atoms with E-state index in [4.69, 9.17) is 0 Å². The van der Waals surface area contributed by atoms with Gasteiger partial charge in [0, 0.05) is 13.3 Å². The van der Waals surface area contributed by atoms with Crippen molar-refractivity contribution in [3.8, 4) is 0 Å². The zero-order valence-corrected chi connectivity index (χ0v) is 8.37. The number of aryl methyl sites for hydroxylation is 2. The molecule has 2 heteroatoms. The molecule has 0 aliphatic heterocycles. The highest BCUT2D eigenvalue weighted by atomic mass is 32.1. The average Bonchev–Trinajstić information content (AvgIpc) is 2.31. The summed E-state index contributed by atoms with van der Waals surface area (Å²) in [6, 6.07) is 0. The van der Waals surface area contributed by atoms with E-state index in [2.05, 4.69) is 30.8 Å². The van der Waals surface area contributed by atoms with E-state index in [0.717, 1.165) is 0 Å². The zero-order chi connectivity index (χ0) is 8.27. The van der Waals surface area contributed by atoms with Gasteiger partial charge in [0.15, 0.2) is 5.69 Å². The molecular formula is C9H16NS+. The molecule has 0 unspecified atom stereocenters. The maximum atomic E-state index is 2.35. The first-order chi connectivity index (χ1) is 5.25. The Morgan fingerprint density at radius 3 is 2.64 bits per heavy atom. The van der Waals surface area contributed by atoms with Crippen LogP contribution in [0, 0.1) is 13.8 Å². The number of thiazole rings is 1. The van der Waals surface area contributed by atoms with Crippen LogP contribution in [0.15, 0.2) is 5.51 Å². The second kappa shape index (κ2) is 3.86. The summed E-state index contributed by atoms with van der Waals surface area (Å²) in [5.74, 6) is 0. The average molecular weight is 170 g/mol. The van der Waals surface area contributed by atoms with E-state index in [-0.39, 0.29) is 0 Å². The van der Waals surface area contributed by atoms with Crippen molar-refractivity contribution in [2.75, 3.05) is 0 Å². The van der Waals surface area contributed by atoms with Crippen molar-refractivity contribution < 1.29 is 4.57 Å². The van der Waals surface area contributed by atoms with Crippen LogP contribution in [-0.4, -0.2) is 0 Å². The summed E-state index contributed by atoms with van der Waals surface area (Å²) in [6.45, 7) is 7.80. The lowest BCUT2D eigenvalue weighted by atomic mass is 10.3. The van der Waals surface area contributed by atoms with Gasteiger partial charge in [0.05, 0.1) is 4.88 Å². The third kappa shape index (κ3) is 2.03. The summed E-state index contributed by atoms with van der Waals surface area (Å²) >= 11 is 1.84. The van der Waals surface area contributed by atoms with Crippen molar-refractivity contribution in [1.29, 1.82) is 0 Å². The van der Waals surface area contributed by atoms with Gasteiger partial charge in [0.25, 0.3) is 0 Å². The lowest BCUT2D eigenvalue weighted by molar-refractivity contribution is -0.698. The minimum atomic E-state index is 1.19. The van der Waals surface area contributed by atoms with Gasteiger partial charge < -0.3 is 0 Å². The van der Waals surface area contributed by atoms with Gasteiger partial charge in [-0.2, -0.15) is 4.57 Å². The highest BCUT2D eigenvalue weighted by Gasteiger charge is 2.09. The molecule has 0 aliphatic carbocycles. The Hall–Kier alpha value is -0.370. The quantitative estimate of drug-likeness (QED) is 0.613. The molecule has 1 aromatic rings. The maximum absolute atomic E-state index is 2.35. The first-order valence-electron chi connectivity index (χ1n) is 4.19. The van der Waals surface area contributed by atoms with Gasteiger partial charge in [-0.1, -0.05) is 24.7 Å². The molecule has 0 atom stereocenters. The highest BCUT2D eigenvalue weighted by molar-refractivity contribution is 7.09. The first-order valence-corrected chi connectivity index (χ1v) is 5.07. The van der Waals surface area contributed by atoms with E-state index in [9.17, 15) is 0 Å². The Balaban J connectivity index is 2.63. The van der Waals surface area contributed by atoms with E-state index in [1.807, 2.05) is 11.3 Å². The molecule has 0 saturated heterocycles. The minimum absolute atomic E-state index is 1.19. The molecule has 0 fully saturated rings. The van der Waals surface area contributed by atoms with Crippen molar-refractivity contribution in [2.45, 2.75) is 40.2 Å². The molecule has 62 valence electrons. The minimum Gasteiger partial charge on any atom is -0.193 e. The van der Waals surface area contributed by atoms with Gasteiger partial charge >= 0.3 is 0 Å². The summed E-state index contributed by atoms with van der Waals surface area (Å²) in [4.78, 5) is 1.45. The summed E-state index contributed by atoms with van der Waals surface area (Å²) in [5.41, 5.74) is 3.66. The zero-order valence-electron chi connectivity index (χ0n) is 7.55. The molecule has 11 heavy (non-hydrogen) atoms. The number of rotatable bonds is 3.